The van der Waals surface area contributed by atoms with Gasteiger partial charge in [0.15, 0.2) is 0 Å². The lowest BCUT2D eigenvalue weighted by molar-refractivity contribution is -0.120. The van der Waals surface area contributed by atoms with Gasteiger partial charge in [-0.3, -0.25) is 9.59 Å². The Hall–Kier alpha value is -1.06. The maximum absolute atomic E-state index is 10.7. The number of hydrogen-bond donors (Lipinski definition) is 1. The average Bonchev–Trinajstić information content (AvgIpc) is 2.05. The molecule has 0 radical (unpaired) electrons. The summed E-state index contributed by atoms with van der Waals surface area (Å²) in [6.07, 6.45) is 2.61. The van der Waals surface area contributed by atoms with Crippen molar-refractivity contribution < 1.29 is 9.59 Å². The third-order valence-electron chi connectivity index (χ3n) is 2.09. The highest BCUT2D eigenvalue weighted by atomic mass is 16.1. The van der Waals surface area contributed by atoms with Crippen LogP contribution in [0.2, 0.25) is 0 Å². The summed E-state index contributed by atoms with van der Waals surface area (Å²) in [4.78, 5) is 22.7. The third kappa shape index (κ3) is 2.53. The van der Waals surface area contributed by atoms with Crippen molar-refractivity contribution in [1.82, 2.24) is 10.2 Å². The van der Waals surface area contributed by atoms with Crippen molar-refractivity contribution in [2.75, 3.05) is 13.1 Å². The molecule has 0 aromatic rings. The zero-order valence-corrected chi connectivity index (χ0v) is 7.25. The number of amides is 2. The largest absolute Gasteiger partial charge is 0.353 e. The topological polar surface area (TPSA) is 49.4 Å². The Kier molecular flexibility index (Phi) is 3.08. The van der Waals surface area contributed by atoms with Crippen LogP contribution < -0.4 is 5.32 Å². The second kappa shape index (κ2) is 4.09. The number of piperidine rings is 1. The summed E-state index contributed by atoms with van der Waals surface area (Å²) in [6, 6.07) is 0.263. The molecule has 68 valence electrons. The second-order valence-corrected chi connectivity index (χ2v) is 3.12. The van der Waals surface area contributed by atoms with E-state index < -0.39 is 0 Å². The fourth-order valence-corrected chi connectivity index (χ4v) is 1.44. The maximum atomic E-state index is 10.7. The molecule has 0 saturated carbocycles. The van der Waals surface area contributed by atoms with E-state index in [1.165, 1.54) is 6.92 Å². The molecule has 0 bridgehead atoms. The van der Waals surface area contributed by atoms with Crippen molar-refractivity contribution in [3.05, 3.63) is 0 Å². The van der Waals surface area contributed by atoms with Gasteiger partial charge in [-0.05, 0) is 12.8 Å². The van der Waals surface area contributed by atoms with E-state index in [9.17, 15) is 9.59 Å². The Morgan fingerprint density at radius 3 is 2.50 bits per heavy atom. The average molecular weight is 170 g/mol. The van der Waals surface area contributed by atoms with Gasteiger partial charge in [0.2, 0.25) is 12.3 Å². The number of carbonyl (C=O) groups is 2. The Morgan fingerprint density at radius 1 is 1.50 bits per heavy atom. The van der Waals surface area contributed by atoms with Crippen LogP contribution in [-0.2, 0) is 9.59 Å². The van der Waals surface area contributed by atoms with Gasteiger partial charge in [-0.15, -0.1) is 0 Å². The van der Waals surface area contributed by atoms with E-state index in [2.05, 4.69) is 5.32 Å². The summed E-state index contributed by atoms with van der Waals surface area (Å²) < 4.78 is 0. The van der Waals surface area contributed by atoms with Gasteiger partial charge in [-0.25, -0.2) is 0 Å². The first-order valence-corrected chi connectivity index (χ1v) is 4.19. The Labute approximate surface area is 71.9 Å². The smallest absolute Gasteiger partial charge is 0.217 e. The molecular formula is C8H14N2O2. The number of rotatable bonds is 2. The molecule has 0 atom stereocenters. The lowest BCUT2D eigenvalue weighted by Gasteiger charge is -2.29. The lowest BCUT2D eigenvalue weighted by Crippen LogP contribution is -2.43. The van der Waals surface area contributed by atoms with Gasteiger partial charge in [0.25, 0.3) is 0 Å². The molecule has 12 heavy (non-hydrogen) atoms. The molecule has 1 saturated heterocycles. The van der Waals surface area contributed by atoms with Gasteiger partial charge in [0, 0.05) is 26.1 Å². The van der Waals surface area contributed by atoms with Crippen LogP contribution in [0.5, 0.6) is 0 Å². The predicted octanol–water partition coefficient (Wildman–Crippen LogP) is -0.257. The normalized spacial score (nSPS) is 18.9. The molecule has 1 N–H and O–H groups in total. The highest BCUT2D eigenvalue weighted by Crippen LogP contribution is 2.07. The van der Waals surface area contributed by atoms with Crippen molar-refractivity contribution in [2.45, 2.75) is 25.8 Å². The minimum Gasteiger partial charge on any atom is -0.353 e. The fourth-order valence-electron chi connectivity index (χ4n) is 1.44. The van der Waals surface area contributed by atoms with Crippen LogP contribution in [0, 0.1) is 0 Å². The molecule has 0 aromatic heterocycles. The summed E-state index contributed by atoms with van der Waals surface area (Å²) >= 11 is 0. The molecule has 1 aliphatic heterocycles. The first-order chi connectivity index (χ1) is 5.72. The molecule has 0 unspecified atom stereocenters. The number of nitrogens with zero attached hydrogens (tertiary/aromatic N) is 1. The van der Waals surface area contributed by atoms with Crippen molar-refractivity contribution in [3.63, 3.8) is 0 Å². The van der Waals surface area contributed by atoms with Crippen LogP contribution in [-0.4, -0.2) is 36.3 Å². The third-order valence-corrected chi connectivity index (χ3v) is 2.09. The van der Waals surface area contributed by atoms with E-state index in [4.69, 9.17) is 0 Å². The zero-order chi connectivity index (χ0) is 8.97. The molecule has 2 amide bonds. The van der Waals surface area contributed by atoms with Crippen molar-refractivity contribution in [3.8, 4) is 0 Å². The van der Waals surface area contributed by atoms with E-state index >= 15 is 0 Å². The minimum absolute atomic E-state index is 0.0135. The monoisotopic (exact) mass is 170 g/mol. The van der Waals surface area contributed by atoms with Crippen LogP contribution in [0.15, 0.2) is 0 Å². The van der Waals surface area contributed by atoms with Gasteiger partial charge in [0.1, 0.15) is 0 Å². The van der Waals surface area contributed by atoms with E-state index in [0.29, 0.717) is 0 Å². The van der Waals surface area contributed by atoms with Gasteiger partial charge < -0.3 is 10.2 Å². The van der Waals surface area contributed by atoms with E-state index in [1.54, 1.807) is 4.90 Å². The zero-order valence-electron chi connectivity index (χ0n) is 7.25. The van der Waals surface area contributed by atoms with Crippen LogP contribution in [0.3, 0.4) is 0 Å². The molecule has 1 heterocycles. The van der Waals surface area contributed by atoms with Gasteiger partial charge in [-0.2, -0.15) is 0 Å². The van der Waals surface area contributed by atoms with Crippen molar-refractivity contribution in [1.29, 1.82) is 0 Å². The Morgan fingerprint density at radius 2 is 2.08 bits per heavy atom. The Balaban J connectivity index is 2.26. The predicted molar refractivity (Wildman–Crippen MR) is 44.5 cm³/mol. The molecule has 1 fully saturated rings. The lowest BCUT2D eigenvalue weighted by atomic mass is 10.1. The maximum Gasteiger partial charge on any atom is 0.217 e. The first-order valence-electron chi connectivity index (χ1n) is 4.19. The van der Waals surface area contributed by atoms with Crippen molar-refractivity contribution >= 4 is 12.3 Å². The fraction of sp³-hybridized carbons (Fsp3) is 0.750. The summed E-state index contributed by atoms with van der Waals surface area (Å²) in [5.41, 5.74) is 0. The molecule has 1 rings (SSSR count). The second-order valence-electron chi connectivity index (χ2n) is 3.12. The highest BCUT2D eigenvalue weighted by molar-refractivity contribution is 5.73. The molecule has 4 heteroatoms. The minimum atomic E-state index is 0.0135. The number of likely N-dealkylation sites (tertiary alicyclic amines) is 1. The molecule has 0 aliphatic carbocycles. The first kappa shape index (κ1) is 9.03. The summed E-state index contributed by atoms with van der Waals surface area (Å²) in [5, 5.41) is 2.84. The molecule has 4 nitrogen and oxygen atoms in total. The number of nitrogens with one attached hydrogen (secondary N) is 1. The molecule has 0 aromatic carbocycles. The summed E-state index contributed by atoms with van der Waals surface area (Å²) in [5.74, 6) is 0.0135. The van der Waals surface area contributed by atoms with Gasteiger partial charge in [0.05, 0.1) is 0 Å². The molecular weight excluding hydrogens is 156 g/mol. The van der Waals surface area contributed by atoms with Crippen molar-refractivity contribution in [2.24, 2.45) is 0 Å². The Bertz CT molecular complexity index is 174. The van der Waals surface area contributed by atoms with Gasteiger partial charge >= 0.3 is 0 Å². The van der Waals surface area contributed by atoms with Crippen LogP contribution >= 0.6 is 0 Å². The van der Waals surface area contributed by atoms with Gasteiger partial charge in [-0.1, -0.05) is 0 Å². The standard InChI is InChI=1S/C8H14N2O2/c1-7(12)9-8-2-4-10(6-11)5-3-8/h6,8H,2-5H2,1H3,(H,9,12). The van der Waals surface area contributed by atoms with Crippen LogP contribution in [0.4, 0.5) is 0 Å². The molecule has 0 spiro atoms. The quantitative estimate of drug-likeness (QED) is 0.581. The summed E-state index contributed by atoms with van der Waals surface area (Å²) in [7, 11) is 0. The SMILES string of the molecule is CC(=O)NC1CCN(C=O)CC1. The molecule has 1 aliphatic rings. The van der Waals surface area contributed by atoms with Crippen LogP contribution in [0.1, 0.15) is 19.8 Å². The number of hydrogen-bond acceptors (Lipinski definition) is 2. The van der Waals surface area contributed by atoms with E-state index in [-0.39, 0.29) is 11.9 Å². The van der Waals surface area contributed by atoms with Crippen LogP contribution in [0.25, 0.3) is 0 Å². The van der Waals surface area contributed by atoms with E-state index in [1.807, 2.05) is 0 Å². The summed E-state index contributed by atoms with van der Waals surface area (Å²) in [6.45, 7) is 3.04. The van der Waals surface area contributed by atoms with E-state index in [0.717, 1.165) is 32.3 Å². The number of carbonyl (C=O) groups excluding carboxylic acids is 2. The highest BCUT2D eigenvalue weighted by Gasteiger charge is 2.17.